The molecule has 1 aromatic carbocycles. The first kappa shape index (κ1) is 15.5. The van der Waals surface area contributed by atoms with E-state index in [0.717, 1.165) is 6.07 Å². The molecule has 0 atom stereocenters. The van der Waals surface area contributed by atoms with Gasteiger partial charge in [0.15, 0.2) is 23.1 Å². The van der Waals surface area contributed by atoms with Crippen LogP contribution in [-0.2, 0) is 6.61 Å². The van der Waals surface area contributed by atoms with Crippen molar-refractivity contribution in [1.82, 2.24) is 4.98 Å². The maximum atomic E-state index is 14.1. The lowest BCUT2D eigenvalue weighted by Crippen LogP contribution is -2.06. The minimum atomic E-state index is -0.819. The molecule has 4 nitrogen and oxygen atoms in total. The quantitative estimate of drug-likeness (QED) is 0.763. The highest BCUT2D eigenvalue weighted by Crippen LogP contribution is 2.31. The Labute approximate surface area is 128 Å². The fourth-order valence-corrected chi connectivity index (χ4v) is 1.90. The Kier molecular flexibility index (Phi) is 4.95. The van der Waals surface area contributed by atoms with Crippen molar-refractivity contribution in [2.24, 2.45) is 0 Å². The third kappa shape index (κ3) is 3.41. The van der Waals surface area contributed by atoms with E-state index in [4.69, 9.17) is 14.2 Å². The standard InChI is InChI=1S/C14H12BrF2NO3/c1-19-10-5-11(20-2)14(17)9(13(10)16)7-21-8-3-4-12(15)18-6-8/h3-6H,7H2,1-2H3. The van der Waals surface area contributed by atoms with Gasteiger partial charge >= 0.3 is 0 Å². The number of methoxy groups -OCH3 is 2. The summed E-state index contributed by atoms with van der Waals surface area (Å²) in [5.41, 5.74) is -0.269. The number of benzene rings is 1. The third-order valence-electron chi connectivity index (χ3n) is 2.75. The second kappa shape index (κ2) is 6.71. The van der Waals surface area contributed by atoms with Crippen LogP contribution < -0.4 is 14.2 Å². The van der Waals surface area contributed by atoms with E-state index in [9.17, 15) is 8.78 Å². The number of pyridine rings is 1. The van der Waals surface area contributed by atoms with Crippen LogP contribution in [0.3, 0.4) is 0 Å². The zero-order valence-electron chi connectivity index (χ0n) is 11.3. The van der Waals surface area contributed by atoms with E-state index in [1.54, 1.807) is 12.1 Å². The number of ether oxygens (including phenoxy) is 3. The lowest BCUT2D eigenvalue weighted by molar-refractivity contribution is 0.281. The van der Waals surface area contributed by atoms with Crippen LogP contribution in [0, 0.1) is 11.6 Å². The normalized spacial score (nSPS) is 10.3. The molecule has 0 saturated heterocycles. The molecule has 0 aliphatic carbocycles. The lowest BCUT2D eigenvalue weighted by atomic mass is 10.1. The van der Waals surface area contributed by atoms with Crippen LogP contribution in [0.1, 0.15) is 5.56 Å². The summed E-state index contributed by atoms with van der Waals surface area (Å²) in [5.74, 6) is -1.47. The fraction of sp³-hybridized carbons (Fsp3) is 0.214. The summed E-state index contributed by atoms with van der Waals surface area (Å²) in [6, 6.07) is 4.44. The highest BCUT2D eigenvalue weighted by Gasteiger charge is 2.20. The Hall–Kier alpha value is -1.89. The van der Waals surface area contributed by atoms with Gasteiger partial charge in [-0.05, 0) is 28.1 Å². The van der Waals surface area contributed by atoms with Gasteiger partial charge in [-0.15, -0.1) is 0 Å². The SMILES string of the molecule is COc1cc(OC)c(F)c(COc2ccc(Br)nc2)c1F. The predicted molar refractivity (Wildman–Crippen MR) is 75.7 cm³/mol. The van der Waals surface area contributed by atoms with Crippen LogP contribution in [0.25, 0.3) is 0 Å². The van der Waals surface area contributed by atoms with Gasteiger partial charge in [-0.2, -0.15) is 0 Å². The monoisotopic (exact) mass is 359 g/mol. The van der Waals surface area contributed by atoms with Crippen molar-refractivity contribution in [2.45, 2.75) is 6.61 Å². The first-order valence-corrected chi connectivity index (χ1v) is 6.69. The third-order valence-corrected chi connectivity index (χ3v) is 3.22. The van der Waals surface area contributed by atoms with Gasteiger partial charge < -0.3 is 14.2 Å². The van der Waals surface area contributed by atoms with Crippen molar-refractivity contribution in [1.29, 1.82) is 0 Å². The van der Waals surface area contributed by atoms with Gasteiger partial charge in [0, 0.05) is 6.07 Å². The van der Waals surface area contributed by atoms with E-state index in [2.05, 4.69) is 20.9 Å². The highest BCUT2D eigenvalue weighted by atomic mass is 79.9. The second-order valence-electron chi connectivity index (χ2n) is 3.99. The first-order valence-electron chi connectivity index (χ1n) is 5.90. The molecule has 112 valence electrons. The minimum absolute atomic E-state index is 0.110. The van der Waals surface area contributed by atoms with Gasteiger partial charge in [-0.3, -0.25) is 0 Å². The van der Waals surface area contributed by atoms with Crippen LogP contribution in [0.15, 0.2) is 29.0 Å². The number of rotatable bonds is 5. The van der Waals surface area contributed by atoms with Crippen LogP contribution in [0.5, 0.6) is 17.2 Å². The topological polar surface area (TPSA) is 40.6 Å². The summed E-state index contributed by atoms with van der Waals surface area (Å²) >= 11 is 3.18. The molecule has 0 fully saturated rings. The van der Waals surface area contributed by atoms with Crippen LogP contribution >= 0.6 is 15.9 Å². The molecule has 7 heteroatoms. The smallest absolute Gasteiger partial charge is 0.174 e. The van der Waals surface area contributed by atoms with E-state index in [1.807, 2.05) is 0 Å². The molecule has 0 bridgehead atoms. The summed E-state index contributed by atoms with van der Waals surface area (Å²) < 4.78 is 43.9. The highest BCUT2D eigenvalue weighted by molar-refractivity contribution is 9.10. The average Bonchev–Trinajstić information content (AvgIpc) is 2.49. The summed E-state index contributed by atoms with van der Waals surface area (Å²) in [4.78, 5) is 3.96. The van der Waals surface area contributed by atoms with Crippen molar-refractivity contribution < 1.29 is 23.0 Å². The van der Waals surface area contributed by atoms with Gasteiger partial charge in [0.05, 0.1) is 26.0 Å². The minimum Gasteiger partial charge on any atom is -0.494 e. The maximum absolute atomic E-state index is 14.1. The van der Waals surface area contributed by atoms with Gasteiger partial charge in [0.1, 0.15) is 17.0 Å². The molecule has 21 heavy (non-hydrogen) atoms. The van der Waals surface area contributed by atoms with Gasteiger partial charge in [-0.1, -0.05) is 0 Å². The Bertz CT molecular complexity index is 607. The molecule has 0 spiro atoms. The van der Waals surface area contributed by atoms with Crippen LogP contribution in [0.4, 0.5) is 8.78 Å². The van der Waals surface area contributed by atoms with E-state index in [1.165, 1.54) is 20.4 Å². The Balaban J connectivity index is 2.28. The predicted octanol–water partition coefficient (Wildman–Crippen LogP) is 3.72. The van der Waals surface area contributed by atoms with Crippen LogP contribution in [0.2, 0.25) is 0 Å². The van der Waals surface area contributed by atoms with Crippen molar-refractivity contribution in [2.75, 3.05) is 14.2 Å². The van der Waals surface area contributed by atoms with E-state index in [-0.39, 0.29) is 23.7 Å². The first-order chi connectivity index (χ1) is 10.1. The molecule has 2 rings (SSSR count). The Morgan fingerprint density at radius 1 is 1.10 bits per heavy atom. The summed E-state index contributed by atoms with van der Waals surface area (Å²) in [7, 11) is 2.58. The van der Waals surface area contributed by atoms with Gasteiger partial charge in [-0.25, -0.2) is 13.8 Å². The largest absolute Gasteiger partial charge is 0.494 e. The molecule has 0 unspecified atom stereocenters. The Morgan fingerprint density at radius 3 is 2.19 bits per heavy atom. The van der Waals surface area contributed by atoms with Crippen molar-refractivity contribution in [3.05, 3.63) is 46.2 Å². The summed E-state index contributed by atoms with van der Waals surface area (Å²) in [6.07, 6.45) is 1.44. The fourth-order valence-electron chi connectivity index (χ4n) is 1.67. The van der Waals surface area contributed by atoms with E-state index < -0.39 is 11.6 Å². The molecule has 2 aromatic rings. The molecule has 0 aliphatic rings. The Morgan fingerprint density at radius 2 is 1.71 bits per heavy atom. The van der Waals surface area contributed by atoms with Crippen LogP contribution in [-0.4, -0.2) is 19.2 Å². The number of aromatic nitrogens is 1. The van der Waals surface area contributed by atoms with E-state index >= 15 is 0 Å². The lowest BCUT2D eigenvalue weighted by Gasteiger charge is -2.13. The molecule has 0 N–H and O–H groups in total. The van der Waals surface area contributed by atoms with Crippen molar-refractivity contribution >= 4 is 15.9 Å². The zero-order chi connectivity index (χ0) is 15.4. The molecular weight excluding hydrogens is 348 g/mol. The summed E-state index contributed by atoms with van der Waals surface area (Å²) in [5, 5.41) is 0. The molecular formula is C14H12BrF2NO3. The molecule has 0 saturated carbocycles. The molecule has 1 aromatic heterocycles. The number of nitrogens with zero attached hydrogens (tertiary/aromatic N) is 1. The molecule has 0 aliphatic heterocycles. The average molecular weight is 360 g/mol. The second-order valence-corrected chi connectivity index (χ2v) is 4.81. The van der Waals surface area contributed by atoms with Crippen molar-refractivity contribution in [3.63, 3.8) is 0 Å². The van der Waals surface area contributed by atoms with Crippen molar-refractivity contribution in [3.8, 4) is 17.2 Å². The number of hydrogen-bond acceptors (Lipinski definition) is 4. The number of halogens is 3. The van der Waals surface area contributed by atoms with Gasteiger partial charge in [0.2, 0.25) is 0 Å². The molecule has 0 radical (unpaired) electrons. The number of hydrogen-bond donors (Lipinski definition) is 0. The molecule has 1 heterocycles. The molecule has 0 amide bonds. The van der Waals surface area contributed by atoms with E-state index in [0.29, 0.717) is 10.4 Å². The van der Waals surface area contributed by atoms with Gasteiger partial charge in [0.25, 0.3) is 0 Å². The maximum Gasteiger partial charge on any atom is 0.174 e. The summed E-state index contributed by atoms with van der Waals surface area (Å²) in [6.45, 7) is -0.311. The zero-order valence-corrected chi connectivity index (χ0v) is 12.9.